The molecule has 0 spiro atoms. The first-order valence-corrected chi connectivity index (χ1v) is 11.4. The number of halogens is 3. The first-order valence-electron chi connectivity index (χ1n) is 10.7. The van der Waals surface area contributed by atoms with Crippen LogP contribution in [0.5, 0.6) is 5.75 Å². The zero-order valence-electron chi connectivity index (χ0n) is 18.0. The van der Waals surface area contributed by atoms with E-state index in [1.54, 1.807) is 30.5 Å². The minimum atomic E-state index is -0.982. The number of ether oxygens (including phenoxy) is 1. The number of benzene rings is 2. The summed E-state index contributed by atoms with van der Waals surface area (Å²) in [4.78, 5) is 16.1. The number of nitrogens with zero attached hydrogens (tertiary/aromatic N) is 1. The summed E-state index contributed by atoms with van der Waals surface area (Å²) in [6.45, 7) is 2.06. The third kappa shape index (κ3) is 5.05. The molecule has 3 aromatic rings. The maximum atomic E-state index is 13.4. The van der Waals surface area contributed by atoms with Gasteiger partial charge in [-0.3, -0.25) is 4.98 Å². The number of pyridine rings is 1. The zero-order valence-corrected chi connectivity index (χ0v) is 19.5. The fourth-order valence-electron chi connectivity index (χ4n) is 4.14. The summed E-state index contributed by atoms with van der Waals surface area (Å²) < 4.78 is 19.5. The van der Waals surface area contributed by atoms with Crippen LogP contribution < -0.4 is 4.74 Å². The van der Waals surface area contributed by atoms with Crippen molar-refractivity contribution >= 4 is 40.3 Å². The van der Waals surface area contributed by atoms with Crippen LogP contribution in [0.15, 0.2) is 48.7 Å². The first kappa shape index (κ1) is 23.3. The molecule has 2 aromatic carbocycles. The normalized spacial score (nSPS) is 13.5. The number of hydrogen-bond donors (Lipinski definition) is 1. The second-order valence-corrected chi connectivity index (χ2v) is 8.70. The molecule has 0 atom stereocenters. The van der Waals surface area contributed by atoms with Gasteiger partial charge in [-0.15, -0.1) is 0 Å². The molecule has 0 saturated heterocycles. The van der Waals surface area contributed by atoms with E-state index >= 15 is 0 Å². The molecule has 1 aliphatic rings. The van der Waals surface area contributed by atoms with Gasteiger partial charge in [-0.1, -0.05) is 36.2 Å². The lowest BCUT2D eigenvalue weighted by Crippen LogP contribution is -2.05. The van der Waals surface area contributed by atoms with Crippen LogP contribution in [-0.2, 0) is 13.0 Å². The molecule has 0 unspecified atom stereocenters. The minimum absolute atomic E-state index is 0.173. The van der Waals surface area contributed by atoms with Gasteiger partial charge in [0.2, 0.25) is 0 Å². The van der Waals surface area contributed by atoms with Crippen molar-refractivity contribution < 1.29 is 19.0 Å². The fraction of sp³-hybridized carbons (Fsp3) is 0.231. The third-order valence-electron chi connectivity index (χ3n) is 5.77. The third-order valence-corrected chi connectivity index (χ3v) is 6.35. The van der Waals surface area contributed by atoms with Gasteiger partial charge in [-0.25, -0.2) is 9.18 Å². The molecule has 1 N–H and O–H groups in total. The van der Waals surface area contributed by atoms with Crippen LogP contribution in [0.1, 0.15) is 58.9 Å². The molecule has 1 heterocycles. The van der Waals surface area contributed by atoms with E-state index in [1.165, 1.54) is 12.1 Å². The van der Waals surface area contributed by atoms with Crippen molar-refractivity contribution in [3.05, 3.63) is 92.5 Å². The molecule has 7 heteroatoms. The van der Waals surface area contributed by atoms with Crippen molar-refractivity contribution in [3.8, 4) is 5.75 Å². The molecule has 1 aromatic heterocycles. The van der Waals surface area contributed by atoms with E-state index in [1.807, 2.05) is 13.0 Å². The predicted octanol–water partition coefficient (Wildman–Crippen LogP) is 7.46. The van der Waals surface area contributed by atoms with E-state index in [9.17, 15) is 14.3 Å². The summed E-state index contributed by atoms with van der Waals surface area (Å²) in [5, 5.41) is 10.5. The number of hydrogen-bond acceptors (Lipinski definition) is 3. The maximum absolute atomic E-state index is 13.4. The summed E-state index contributed by atoms with van der Waals surface area (Å²) in [7, 11) is 0. The van der Waals surface area contributed by atoms with Crippen LogP contribution in [-0.4, -0.2) is 16.1 Å². The Labute approximate surface area is 201 Å². The average molecular weight is 486 g/mol. The Bertz CT molecular complexity index is 1260. The standard InChI is InChI=1S/C26H22Cl2FNO3/c1-2-24-22(26(31)32)10-16(13-30-24)19-4-3-5-20(19)21-11-17(27)7-9-25(21)33-14-15-6-8-18(29)12-23(15)28/h6-13H,2-5,14H2,1H3,(H,31,32). The number of aromatic nitrogens is 1. The van der Waals surface area contributed by atoms with Crippen LogP contribution in [0, 0.1) is 5.82 Å². The van der Waals surface area contributed by atoms with Crippen LogP contribution >= 0.6 is 23.2 Å². The molecule has 33 heavy (non-hydrogen) atoms. The molecular formula is C26H22Cl2FNO3. The molecule has 1 aliphatic carbocycles. The Kier molecular flexibility index (Phi) is 7.01. The number of carbonyl (C=O) groups is 1. The molecule has 170 valence electrons. The minimum Gasteiger partial charge on any atom is -0.488 e. The molecule has 4 rings (SSSR count). The van der Waals surface area contributed by atoms with Crippen molar-refractivity contribution in [3.63, 3.8) is 0 Å². The van der Waals surface area contributed by atoms with E-state index in [4.69, 9.17) is 27.9 Å². The van der Waals surface area contributed by atoms with Gasteiger partial charge in [-0.2, -0.15) is 0 Å². The summed E-state index contributed by atoms with van der Waals surface area (Å²) in [6, 6.07) is 11.3. The zero-order chi connectivity index (χ0) is 23.5. The van der Waals surface area contributed by atoms with Crippen LogP contribution in [0.25, 0.3) is 11.1 Å². The lowest BCUT2D eigenvalue weighted by molar-refractivity contribution is 0.0695. The van der Waals surface area contributed by atoms with Crippen molar-refractivity contribution in [2.45, 2.75) is 39.2 Å². The Balaban J connectivity index is 1.73. The summed E-state index contributed by atoms with van der Waals surface area (Å²) in [5.74, 6) is -0.754. The molecular weight excluding hydrogens is 464 g/mol. The molecule has 0 saturated carbocycles. The Morgan fingerprint density at radius 3 is 2.64 bits per heavy atom. The SMILES string of the molecule is CCc1ncc(C2=C(c3cc(Cl)ccc3OCc3ccc(F)cc3Cl)CCC2)cc1C(=O)O. The first-order chi connectivity index (χ1) is 15.9. The van der Waals surface area contributed by atoms with Gasteiger partial charge in [-0.05, 0) is 78.8 Å². The fourth-order valence-corrected chi connectivity index (χ4v) is 4.54. The largest absolute Gasteiger partial charge is 0.488 e. The molecule has 0 amide bonds. The van der Waals surface area contributed by atoms with E-state index < -0.39 is 11.8 Å². The number of aryl methyl sites for hydroxylation is 1. The van der Waals surface area contributed by atoms with E-state index in [0.717, 1.165) is 41.5 Å². The molecule has 0 aliphatic heterocycles. The highest BCUT2D eigenvalue weighted by atomic mass is 35.5. The summed E-state index contributed by atoms with van der Waals surface area (Å²) in [5.41, 5.74) is 5.20. The van der Waals surface area contributed by atoms with Gasteiger partial charge in [0.1, 0.15) is 18.2 Å². The van der Waals surface area contributed by atoms with Crippen molar-refractivity contribution in [1.29, 1.82) is 0 Å². The highest BCUT2D eigenvalue weighted by Gasteiger charge is 2.23. The predicted molar refractivity (Wildman–Crippen MR) is 128 cm³/mol. The number of rotatable bonds is 7. The lowest BCUT2D eigenvalue weighted by Gasteiger charge is -2.16. The maximum Gasteiger partial charge on any atom is 0.337 e. The van der Waals surface area contributed by atoms with Crippen molar-refractivity contribution in [1.82, 2.24) is 4.98 Å². The smallest absolute Gasteiger partial charge is 0.337 e. The van der Waals surface area contributed by atoms with E-state index in [0.29, 0.717) is 33.5 Å². The van der Waals surface area contributed by atoms with Gasteiger partial charge >= 0.3 is 5.97 Å². The Morgan fingerprint density at radius 2 is 1.91 bits per heavy atom. The Hall–Kier alpha value is -2.89. The average Bonchev–Trinajstić information content (AvgIpc) is 3.28. The monoisotopic (exact) mass is 485 g/mol. The molecule has 4 nitrogen and oxygen atoms in total. The van der Waals surface area contributed by atoms with Crippen molar-refractivity contribution in [2.75, 3.05) is 0 Å². The van der Waals surface area contributed by atoms with Gasteiger partial charge < -0.3 is 9.84 Å². The summed E-state index contributed by atoms with van der Waals surface area (Å²) in [6.07, 6.45) is 4.83. The van der Waals surface area contributed by atoms with Gasteiger partial charge in [0.25, 0.3) is 0 Å². The molecule has 0 bridgehead atoms. The van der Waals surface area contributed by atoms with Crippen LogP contribution in [0.3, 0.4) is 0 Å². The quantitative estimate of drug-likeness (QED) is 0.377. The topological polar surface area (TPSA) is 59.4 Å². The molecule has 0 radical (unpaired) electrons. The van der Waals surface area contributed by atoms with Gasteiger partial charge in [0, 0.05) is 22.3 Å². The van der Waals surface area contributed by atoms with Gasteiger partial charge in [0.05, 0.1) is 16.3 Å². The van der Waals surface area contributed by atoms with Crippen LogP contribution in [0.2, 0.25) is 10.0 Å². The molecule has 0 fully saturated rings. The summed E-state index contributed by atoms with van der Waals surface area (Å²) >= 11 is 12.5. The Morgan fingerprint density at radius 1 is 1.12 bits per heavy atom. The number of carboxylic acid groups (broad SMARTS) is 1. The number of allylic oxidation sites excluding steroid dienone is 2. The number of aromatic carboxylic acids is 1. The van der Waals surface area contributed by atoms with E-state index in [-0.39, 0.29) is 12.2 Å². The highest BCUT2D eigenvalue weighted by molar-refractivity contribution is 6.31. The van der Waals surface area contributed by atoms with Crippen LogP contribution in [0.4, 0.5) is 4.39 Å². The lowest BCUT2D eigenvalue weighted by atomic mass is 9.96. The number of carboxylic acids is 1. The van der Waals surface area contributed by atoms with E-state index in [2.05, 4.69) is 4.98 Å². The highest BCUT2D eigenvalue weighted by Crippen LogP contribution is 2.44. The second kappa shape index (κ2) is 9.94. The second-order valence-electron chi connectivity index (χ2n) is 7.85. The van der Waals surface area contributed by atoms with Crippen molar-refractivity contribution in [2.24, 2.45) is 0 Å². The van der Waals surface area contributed by atoms with Gasteiger partial charge in [0.15, 0.2) is 0 Å².